The summed E-state index contributed by atoms with van der Waals surface area (Å²) in [6.07, 6.45) is 7.01. The number of anilines is 1. The maximum atomic E-state index is 13.6. The molecular formula is C24H21FN8OS. The summed E-state index contributed by atoms with van der Waals surface area (Å²) in [5.74, 6) is -0.156. The van der Waals surface area contributed by atoms with E-state index >= 15 is 0 Å². The summed E-state index contributed by atoms with van der Waals surface area (Å²) in [5, 5.41) is 11.0. The van der Waals surface area contributed by atoms with Crippen molar-refractivity contribution in [3.63, 3.8) is 0 Å². The van der Waals surface area contributed by atoms with Crippen LogP contribution in [0.1, 0.15) is 28.6 Å². The van der Waals surface area contributed by atoms with E-state index in [2.05, 4.69) is 25.2 Å². The van der Waals surface area contributed by atoms with Crippen molar-refractivity contribution in [3.8, 4) is 22.6 Å². The van der Waals surface area contributed by atoms with Gasteiger partial charge in [0.15, 0.2) is 11.5 Å². The van der Waals surface area contributed by atoms with Crippen molar-refractivity contribution in [2.24, 2.45) is 0 Å². The molecule has 0 radical (unpaired) electrons. The summed E-state index contributed by atoms with van der Waals surface area (Å²) in [7, 11) is 0. The Kier molecular flexibility index (Phi) is 5.55. The third-order valence-electron chi connectivity index (χ3n) is 6.07. The molecule has 0 bridgehead atoms. The zero-order chi connectivity index (χ0) is 23.8. The SMILES string of the molecule is O=C(Nc1cn2nc(-c3c(-c4ccc(F)cc4)ncn3C3CCNCC3)ccc2n1)c1cncs1. The van der Waals surface area contributed by atoms with Crippen LogP contribution in [-0.2, 0) is 0 Å². The number of carbonyl (C=O) groups excluding carboxylic acids is 1. The number of amides is 1. The van der Waals surface area contributed by atoms with Gasteiger partial charge in [0.05, 0.1) is 35.6 Å². The molecule has 1 amide bonds. The van der Waals surface area contributed by atoms with Crippen LogP contribution in [0.15, 0.2) is 60.6 Å². The smallest absolute Gasteiger partial charge is 0.268 e. The molecule has 9 nitrogen and oxygen atoms in total. The number of thiazole rings is 1. The molecule has 0 unspecified atom stereocenters. The van der Waals surface area contributed by atoms with E-state index in [1.165, 1.54) is 29.7 Å². The molecule has 1 aliphatic heterocycles. The van der Waals surface area contributed by atoms with Crippen LogP contribution in [0.4, 0.5) is 10.2 Å². The minimum absolute atomic E-state index is 0.265. The molecule has 5 aromatic rings. The first kappa shape index (κ1) is 21.6. The van der Waals surface area contributed by atoms with Crippen LogP contribution in [0, 0.1) is 5.82 Å². The van der Waals surface area contributed by atoms with Gasteiger partial charge in [-0.15, -0.1) is 11.3 Å². The first-order chi connectivity index (χ1) is 17.2. The number of piperidine rings is 1. The third kappa shape index (κ3) is 4.19. The topological polar surface area (TPSA) is 102 Å². The molecule has 4 aromatic heterocycles. The van der Waals surface area contributed by atoms with Crippen LogP contribution in [-0.4, -0.2) is 48.1 Å². The van der Waals surface area contributed by atoms with E-state index < -0.39 is 0 Å². The monoisotopic (exact) mass is 488 g/mol. The van der Waals surface area contributed by atoms with E-state index in [-0.39, 0.29) is 17.8 Å². The molecule has 0 aliphatic carbocycles. The highest BCUT2D eigenvalue weighted by Crippen LogP contribution is 2.34. The standard InChI is InChI=1S/C24H21FN8OS/c25-16-3-1-15(2-4-16)22-23(32(13-28-22)17-7-9-26-10-8-17)18-5-6-21-29-20(12-33(21)31-18)30-24(34)19-11-27-14-35-19/h1-6,11-14,17,26H,7-10H2,(H,30,34). The van der Waals surface area contributed by atoms with Gasteiger partial charge in [-0.05, 0) is 62.3 Å². The Morgan fingerprint density at radius 3 is 2.74 bits per heavy atom. The van der Waals surface area contributed by atoms with E-state index in [9.17, 15) is 9.18 Å². The highest BCUT2D eigenvalue weighted by atomic mass is 32.1. The molecule has 6 rings (SSSR count). The Hall–Kier alpha value is -3.96. The van der Waals surface area contributed by atoms with Crippen molar-refractivity contribution >= 4 is 28.7 Å². The van der Waals surface area contributed by atoms with Gasteiger partial charge in [-0.1, -0.05) is 0 Å². The maximum Gasteiger partial charge on any atom is 0.268 e. The van der Waals surface area contributed by atoms with Crippen LogP contribution in [0.2, 0.25) is 0 Å². The summed E-state index contributed by atoms with van der Waals surface area (Å²) >= 11 is 1.26. The predicted molar refractivity (Wildman–Crippen MR) is 131 cm³/mol. The summed E-state index contributed by atoms with van der Waals surface area (Å²) in [4.78, 5) is 26.0. The zero-order valence-electron chi connectivity index (χ0n) is 18.6. The van der Waals surface area contributed by atoms with Crippen molar-refractivity contribution in [3.05, 3.63) is 71.3 Å². The van der Waals surface area contributed by atoms with Gasteiger partial charge in [0.2, 0.25) is 0 Å². The third-order valence-corrected chi connectivity index (χ3v) is 6.85. The van der Waals surface area contributed by atoms with Crippen LogP contribution in [0.25, 0.3) is 28.3 Å². The zero-order valence-corrected chi connectivity index (χ0v) is 19.4. The molecule has 35 heavy (non-hydrogen) atoms. The molecule has 0 atom stereocenters. The number of hydrogen-bond acceptors (Lipinski definition) is 7. The largest absolute Gasteiger partial charge is 0.326 e. The summed E-state index contributed by atoms with van der Waals surface area (Å²) in [5.41, 5.74) is 5.36. The predicted octanol–water partition coefficient (Wildman–Crippen LogP) is 4.03. The Bertz CT molecular complexity index is 1490. The van der Waals surface area contributed by atoms with Gasteiger partial charge in [0.1, 0.15) is 16.4 Å². The highest BCUT2D eigenvalue weighted by molar-refractivity contribution is 7.11. The summed E-state index contributed by atoms with van der Waals surface area (Å²) < 4.78 is 17.4. The number of nitrogens with zero attached hydrogens (tertiary/aromatic N) is 6. The van der Waals surface area contributed by atoms with Crippen LogP contribution in [0.5, 0.6) is 0 Å². The van der Waals surface area contributed by atoms with Gasteiger partial charge in [-0.25, -0.2) is 18.9 Å². The fourth-order valence-corrected chi connectivity index (χ4v) is 4.88. The Morgan fingerprint density at radius 1 is 1.14 bits per heavy atom. The molecule has 1 aliphatic rings. The number of imidazole rings is 2. The second-order valence-corrected chi connectivity index (χ2v) is 9.19. The van der Waals surface area contributed by atoms with Crippen molar-refractivity contribution in [2.45, 2.75) is 18.9 Å². The Morgan fingerprint density at radius 2 is 1.97 bits per heavy atom. The lowest BCUT2D eigenvalue weighted by Gasteiger charge is -2.25. The van der Waals surface area contributed by atoms with E-state index in [0.717, 1.165) is 42.9 Å². The summed E-state index contributed by atoms with van der Waals surface area (Å²) in [6.45, 7) is 1.87. The van der Waals surface area contributed by atoms with E-state index in [4.69, 9.17) is 10.1 Å². The molecule has 5 heterocycles. The second kappa shape index (κ2) is 9.01. The van der Waals surface area contributed by atoms with E-state index in [1.807, 2.05) is 18.5 Å². The lowest BCUT2D eigenvalue weighted by molar-refractivity contribution is 0.103. The number of nitrogens with one attached hydrogen (secondary N) is 2. The number of aromatic nitrogens is 6. The van der Waals surface area contributed by atoms with Crippen LogP contribution in [0.3, 0.4) is 0 Å². The average Bonchev–Trinajstić information content (AvgIpc) is 3.64. The minimum atomic E-state index is -0.293. The normalized spacial score (nSPS) is 14.4. The fourth-order valence-electron chi connectivity index (χ4n) is 4.37. The lowest BCUT2D eigenvalue weighted by Crippen LogP contribution is -2.29. The summed E-state index contributed by atoms with van der Waals surface area (Å²) in [6, 6.07) is 10.4. The van der Waals surface area contributed by atoms with Gasteiger partial charge in [-0.3, -0.25) is 9.78 Å². The minimum Gasteiger partial charge on any atom is -0.326 e. The maximum absolute atomic E-state index is 13.6. The van der Waals surface area contributed by atoms with Crippen molar-refractivity contribution in [1.82, 2.24) is 34.4 Å². The van der Waals surface area contributed by atoms with E-state index in [1.54, 1.807) is 28.4 Å². The molecule has 1 saturated heterocycles. The second-order valence-electron chi connectivity index (χ2n) is 8.30. The van der Waals surface area contributed by atoms with Crippen molar-refractivity contribution in [2.75, 3.05) is 18.4 Å². The quantitative estimate of drug-likeness (QED) is 0.387. The molecule has 0 saturated carbocycles. The molecule has 176 valence electrons. The Balaban J connectivity index is 1.40. The first-order valence-electron chi connectivity index (χ1n) is 11.3. The number of carbonyl (C=O) groups is 1. The molecular weight excluding hydrogens is 467 g/mol. The number of fused-ring (bicyclic) bond motifs is 1. The Labute approximate surface area is 203 Å². The van der Waals surface area contributed by atoms with Crippen LogP contribution < -0.4 is 10.6 Å². The number of hydrogen-bond donors (Lipinski definition) is 2. The highest BCUT2D eigenvalue weighted by Gasteiger charge is 2.24. The molecule has 11 heteroatoms. The number of rotatable bonds is 5. The average molecular weight is 489 g/mol. The van der Waals surface area contributed by atoms with Crippen molar-refractivity contribution < 1.29 is 9.18 Å². The van der Waals surface area contributed by atoms with Gasteiger partial charge in [0, 0.05) is 11.6 Å². The number of halogens is 1. The van der Waals surface area contributed by atoms with Gasteiger partial charge in [0.25, 0.3) is 5.91 Å². The number of benzene rings is 1. The van der Waals surface area contributed by atoms with E-state index in [0.29, 0.717) is 22.0 Å². The molecule has 1 fully saturated rings. The fraction of sp³-hybridized carbons (Fsp3) is 0.208. The van der Waals surface area contributed by atoms with Crippen LogP contribution >= 0.6 is 11.3 Å². The molecule has 1 aromatic carbocycles. The van der Waals surface area contributed by atoms with Gasteiger partial charge >= 0.3 is 0 Å². The lowest BCUT2D eigenvalue weighted by atomic mass is 10.0. The molecule has 2 N–H and O–H groups in total. The van der Waals surface area contributed by atoms with Gasteiger partial charge in [-0.2, -0.15) is 5.10 Å². The first-order valence-corrected chi connectivity index (χ1v) is 12.1. The van der Waals surface area contributed by atoms with Crippen molar-refractivity contribution in [1.29, 1.82) is 0 Å². The molecule has 0 spiro atoms. The van der Waals surface area contributed by atoms with Gasteiger partial charge < -0.3 is 15.2 Å².